The first kappa shape index (κ1) is 18.0. The average Bonchev–Trinajstić information content (AvgIpc) is 2.65. The second-order valence-electron chi connectivity index (χ2n) is 4.26. The van der Waals surface area contributed by atoms with Gasteiger partial charge in [-0.2, -0.15) is 5.26 Å². The Morgan fingerprint density at radius 3 is 2.00 bits per heavy atom. The van der Waals surface area contributed by atoms with E-state index in [4.69, 9.17) is 5.26 Å². The summed E-state index contributed by atoms with van der Waals surface area (Å²) in [6.45, 7) is 8.11. The number of carbonyl (C=O) groups is 2. The molecule has 1 aliphatic heterocycles. The zero-order chi connectivity index (χ0) is 13.8. The fourth-order valence-corrected chi connectivity index (χ4v) is 0.783. The zero-order valence-corrected chi connectivity index (χ0v) is 11.6. The molecular formula is C13H24N2O2. The fourth-order valence-electron chi connectivity index (χ4n) is 0.783. The number of likely N-dealkylation sites (tertiary alicyclic amines) is 1. The molecule has 0 atom stereocenters. The van der Waals surface area contributed by atoms with Gasteiger partial charge in [-0.3, -0.25) is 4.79 Å². The third-order valence-electron chi connectivity index (χ3n) is 2.07. The third-order valence-corrected chi connectivity index (χ3v) is 2.07. The molecule has 1 rings (SSSR count). The number of rotatable bonds is 1. The number of hydrogen-bond donors (Lipinski definition) is 0. The fraction of sp³-hybridized carbons (Fsp3) is 0.769. The molecule has 98 valence electrons. The predicted molar refractivity (Wildman–Crippen MR) is 68.3 cm³/mol. The molecule has 17 heavy (non-hydrogen) atoms. The van der Waals surface area contributed by atoms with E-state index in [9.17, 15) is 9.59 Å². The van der Waals surface area contributed by atoms with E-state index < -0.39 is 0 Å². The van der Waals surface area contributed by atoms with Gasteiger partial charge < -0.3 is 9.69 Å². The first-order valence-corrected chi connectivity index (χ1v) is 5.98. The standard InChI is InChI=1S/C5H9NO.C4H7N.C4H8O/c1-6-4-2-3-5(6)7;1-4(2)3-5;1-3-4(2)5/h2-4H2,1H3;4H,1-2H3;3H2,1-2H3. The van der Waals surface area contributed by atoms with E-state index in [2.05, 4.69) is 0 Å². The number of hydrogen-bond acceptors (Lipinski definition) is 3. The average molecular weight is 240 g/mol. The molecule has 4 nitrogen and oxygen atoms in total. The molecule has 0 spiro atoms. The maximum atomic E-state index is 10.5. The summed E-state index contributed by atoms with van der Waals surface area (Å²) in [5.41, 5.74) is 0. The molecule has 0 bridgehead atoms. The third kappa shape index (κ3) is 14.6. The van der Waals surface area contributed by atoms with E-state index in [1.807, 2.05) is 33.9 Å². The number of nitriles is 1. The van der Waals surface area contributed by atoms with Crippen molar-refractivity contribution in [2.24, 2.45) is 5.92 Å². The molecule has 0 aromatic carbocycles. The van der Waals surface area contributed by atoms with Gasteiger partial charge in [0, 0.05) is 32.4 Å². The van der Waals surface area contributed by atoms with Gasteiger partial charge in [-0.05, 0) is 27.2 Å². The van der Waals surface area contributed by atoms with Crippen molar-refractivity contribution in [1.29, 1.82) is 5.26 Å². The van der Waals surface area contributed by atoms with E-state index >= 15 is 0 Å². The van der Waals surface area contributed by atoms with Crippen LogP contribution in [0, 0.1) is 17.2 Å². The number of Topliss-reactive ketones (excluding diaryl/α,β-unsaturated/α-hetero) is 1. The molecule has 0 aromatic heterocycles. The van der Waals surface area contributed by atoms with Gasteiger partial charge >= 0.3 is 0 Å². The first-order valence-electron chi connectivity index (χ1n) is 5.98. The van der Waals surface area contributed by atoms with Crippen molar-refractivity contribution >= 4 is 11.7 Å². The Balaban J connectivity index is 0. The van der Waals surface area contributed by atoms with Crippen molar-refractivity contribution in [3.63, 3.8) is 0 Å². The summed E-state index contributed by atoms with van der Waals surface area (Å²) in [4.78, 5) is 22.1. The topological polar surface area (TPSA) is 61.2 Å². The summed E-state index contributed by atoms with van der Waals surface area (Å²) >= 11 is 0. The van der Waals surface area contributed by atoms with Gasteiger partial charge in [-0.1, -0.05) is 6.92 Å². The number of amides is 1. The first-order chi connectivity index (χ1) is 7.84. The van der Waals surface area contributed by atoms with E-state index in [0.717, 1.165) is 19.4 Å². The Bertz CT molecular complexity index is 267. The van der Waals surface area contributed by atoms with Crippen molar-refractivity contribution < 1.29 is 9.59 Å². The molecule has 1 fully saturated rings. The van der Waals surface area contributed by atoms with Crippen LogP contribution in [0.2, 0.25) is 0 Å². The van der Waals surface area contributed by atoms with E-state index in [0.29, 0.717) is 12.3 Å². The van der Waals surface area contributed by atoms with Crippen LogP contribution in [0.3, 0.4) is 0 Å². The number of carbonyl (C=O) groups excluding carboxylic acids is 2. The Morgan fingerprint density at radius 2 is 1.94 bits per heavy atom. The molecule has 4 heteroatoms. The lowest BCUT2D eigenvalue weighted by Crippen LogP contribution is -2.17. The number of ketones is 1. The van der Waals surface area contributed by atoms with Crippen LogP contribution in [-0.4, -0.2) is 30.2 Å². The Morgan fingerprint density at radius 1 is 1.53 bits per heavy atom. The molecule has 1 heterocycles. The lowest BCUT2D eigenvalue weighted by molar-refractivity contribution is -0.126. The maximum absolute atomic E-state index is 10.5. The van der Waals surface area contributed by atoms with Crippen molar-refractivity contribution in [3.8, 4) is 6.07 Å². The highest BCUT2D eigenvalue weighted by Gasteiger charge is 2.14. The molecule has 0 saturated carbocycles. The Kier molecular flexibility index (Phi) is 11.8. The van der Waals surface area contributed by atoms with Crippen LogP contribution in [-0.2, 0) is 9.59 Å². The SMILES string of the molecule is CC(C)C#N.CCC(C)=O.CN1CCCC1=O. The smallest absolute Gasteiger partial charge is 0.222 e. The molecule has 0 N–H and O–H groups in total. The van der Waals surface area contributed by atoms with Gasteiger partial charge in [0.2, 0.25) is 5.91 Å². The largest absolute Gasteiger partial charge is 0.346 e. The van der Waals surface area contributed by atoms with Crippen LogP contribution in [0.25, 0.3) is 0 Å². The van der Waals surface area contributed by atoms with Gasteiger partial charge in [-0.25, -0.2) is 0 Å². The summed E-state index contributed by atoms with van der Waals surface area (Å²) in [7, 11) is 1.84. The molecule has 0 aliphatic carbocycles. The molecule has 1 aliphatic rings. The van der Waals surface area contributed by atoms with Crippen LogP contribution >= 0.6 is 0 Å². The van der Waals surface area contributed by atoms with Gasteiger partial charge in [-0.15, -0.1) is 0 Å². The minimum absolute atomic E-state index is 0.190. The van der Waals surface area contributed by atoms with Gasteiger partial charge in [0.25, 0.3) is 0 Å². The van der Waals surface area contributed by atoms with Crippen molar-refractivity contribution in [2.45, 2.75) is 47.0 Å². The van der Waals surface area contributed by atoms with Gasteiger partial charge in [0.15, 0.2) is 0 Å². The van der Waals surface area contributed by atoms with Gasteiger partial charge in [0.05, 0.1) is 6.07 Å². The molecule has 0 unspecified atom stereocenters. The van der Waals surface area contributed by atoms with Crippen molar-refractivity contribution in [3.05, 3.63) is 0 Å². The summed E-state index contributed by atoms with van der Waals surface area (Å²) in [5, 5.41) is 7.89. The van der Waals surface area contributed by atoms with Gasteiger partial charge in [0.1, 0.15) is 5.78 Å². The summed E-state index contributed by atoms with van der Waals surface area (Å²) in [6, 6.07) is 2.03. The highest BCUT2D eigenvalue weighted by molar-refractivity contribution is 5.77. The maximum Gasteiger partial charge on any atom is 0.222 e. The van der Waals surface area contributed by atoms with Crippen molar-refractivity contribution in [1.82, 2.24) is 4.90 Å². The van der Waals surface area contributed by atoms with Crippen LogP contribution in [0.5, 0.6) is 0 Å². The molecule has 1 saturated heterocycles. The monoisotopic (exact) mass is 240 g/mol. The molecular weight excluding hydrogens is 216 g/mol. The lowest BCUT2D eigenvalue weighted by atomic mass is 10.3. The predicted octanol–water partition coefficient (Wildman–Crippen LogP) is 2.39. The molecule has 0 radical (unpaired) electrons. The quantitative estimate of drug-likeness (QED) is 0.707. The summed E-state index contributed by atoms with van der Waals surface area (Å²) in [6.07, 6.45) is 2.48. The molecule has 1 amide bonds. The minimum Gasteiger partial charge on any atom is -0.346 e. The Labute approximate surface area is 105 Å². The highest BCUT2D eigenvalue weighted by Crippen LogP contribution is 2.04. The van der Waals surface area contributed by atoms with E-state index in [1.165, 1.54) is 0 Å². The minimum atomic E-state index is 0.190. The van der Waals surface area contributed by atoms with E-state index in [-0.39, 0.29) is 11.7 Å². The summed E-state index contributed by atoms with van der Waals surface area (Å²) in [5.74, 6) is 0.736. The highest BCUT2D eigenvalue weighted by atomic mass is 16.2. The Hall–Kier alpha value is -1.37. The van der Waals surface area contributed by atoms with Crippen LogP contribution < -0.4 is 0 Å². The number of nitrogens with zero attached hydrogens (tertiary/aromatic N) is 2. The van der Waals surface area contributed by atoms with Crippen molar-refractivity contribution in [2.75, 3.05) is 13.6 Å². The molecule has 0 aromatic rings. The second kappa shape index (κ2) is 11.1. The second-order valence-corrected chi connectivity index (χ2v) is 4.26. The van der Waals surface area contributed by atoms with Crippen LogP contribution in [0.15, 0.2) is 0 Å². The normalized spacial score (nSPS) is 13.2. The van der Waals surface area contributed by atoms with Crippen LogP contribution in [0.4, 0.5) is 0 Å². The van der Waals surface area contributed by atoms with E-state index in [1.54, 1.807) is 11.8 Å². The lowest BCUT2D eigenvalue weighted by Gasteiger charge is -2.03. The zero-order valence-electron chi connectivity index (χ0n) is 11.6. The summed E-state index contributed by atoms with van der Waals surface area (Å²) < 4.78 is 0. The van der Waals surface area contributed by atoms with Crippen LogP contribution in [0.1, 0.15) is 47.0 Å².